The summed E-state index contributed by atoms with van der Waals surface area (Å²) in [5, 5.41) is 3.69. The van der Waals surface area contributed by atoms with Gasteiger partial charge in [-0.05, 0) is 49.1 Å². The summed E-state index contributed by atoms with van der Waals surface area (Å²) in [5.41, 5.74) is 1.85. The molecular formula is C24H33N3O4. The molecule has 2 aromatic rings. The molecule has 1 saturated heterocycles. The molecule has 7 nitrogen and oxygen atoms in total. The molecule has 1 saturated carbocycles. The molecule has 2 heterocycles. The van der Waals surface area contributed by atoms with Crippen LogP contribution in [-0.2, 0) is 9.53 Å². The molecule has 2 fully saturated rings. The predicted molar refractivity (Wildman–Crippen MR) is 121 cm³/mol. The van der Waals surface area contributed by atoms with Crippen LogP contribution in [0.5, 0.6) is 5.75 Å². The predicted octanol–water partition coefficient (Wildman–Crippen LogP) is 4.19. The number of fused-ring (bicyclic) bond motifs is 3. The molecule has 0 unspecified atom stereocenters. The number of anilines is 1. The number of H-pyrrole nitrogens is 1. The zero-order valence-electron chi connectivity index (χ0n) is 19.3. The number of carbonyl (C=O) groups excluding carboxylic acids is 2. The van der Waals surface area contributed by atoms with Crippen LogP contribution in [0.3, 0.4) is 0 Å². The van der Waals surface area contributed by atoms with Crippen LogP contribution in [0.15, 0.2) is 18.2 Å². The quantitative estimate of drug-likeness (QED) is 0.699. The molecule has 1 aliphatic heterocycles. The summed E-state index contributed by atoms with van der Waals surface area (Å²) in [5.74, 6) is -0.0865. The Hall–Kier alpha value is -2.54. The minimum Gasteiger partial charge on any atom is -0.496 e. The first-order valence-electron chi connectivity index (χ1n) is 10.9. The molecule has 2 bridgehead atoms. The van der Waals surface area contributed by atoms with Crippen molar-refractivity contribution >= 4 is 28.5 Å². The number of hydrogen-bond donors (Lipinski definition) is 2. The Kier molecular flexibility index (Phi) is 5.28. The fourth-order valence-corrected chi connectivity index (χ4v) is 6.10. The largest absolute Gasteiger partial charge is 0.496 e. The van der Waals surface area contributed by atoms with E-state index in [9.17, 15) is 9.59 Å². The second kappa shape index (κ2) is 7.55. The van der Waals surface area contributed by atoms with Crippen LogP contribution in [0.1, 0.15) is 57.4 Å². The number of rotatable bonds is 5. The summed E-state index contributed by atoms with van der Waals surface area (Å²) in [6.45, 7) is 9.86. The van der Waals surface area contributed by atoms with Gasteiger partial charge < -0.3 is 19.8 Å². The Bertz CT molecular complexity index is 1030. The molecule has 1 aromatic carbocycles. The van der Waals surface area contributed by atoms with Gasteiger partial charge in [0.15, 0.2) is 0 Å². The first kappa shape index (κ1) is 21.7. The Morgan fingerprint density at radius 2 is 1.97 bits per heavy atom. The highest BCUT2D eigenvalue weighted by Crippen LogP contribution is 2.53. The van der Waals surface area contributed by atoms with Gasteiger partial charge in [-0.3, -0.25) is 9.69 Å². The summed E-state index contributed by atoms with van der Waals surface area (Å²) in [6, 6.07) is 5.57. The van der Waals surface area contributed by atoms with Crippen molar-refractivity contribution in [3.8, 4) is 5.75 Å². The Labute approximate surface area is 183 Å². The third-order valence-electron chi connectivity index (χ3n) is 6.98. The maximum absolute atomic E-state index is 13.4. The van der Waals surface area contributed by atoms with E-state index < -0.39 is 5.97 Å². The molecule has 168 valence electrons. The van der Waals surface area contributed by atoms with Crippen LogP contribution in [0.25, 0.3) is 10.9 Å². The maximum Gasteiger partial charge on any atom is 0.356 e. The van der Waals surface area contributed by atoms with Crippen LogP contribution in [0, 0.1) is 10.8 Å². The van der Waals surface area contributed by atoms with Gasteiger partial charge in [0.05, 0.1) is 36.9 Å². The first-order chi connectivity index (χ1) is 14.6. The van der Waals surface area contributed by atoms with Crippen LogP contribution in [0.2, 0.25) is 0 Å². The second-order valence-electron chi connectivity index (χ2n) is 10.3. The van der Waals surface area contributed by atoms with Crippen molar-refractivity contribution in [2.24, 2.45) is 10.8 Å². The van der Waals surface area contributed by atoms with Crippen molar-refractivity contribution in [2.45, 2.75) is 59.0 Å². The van der Waals surface area contributed by atoms with Gasteiger partial charge in [0.25, 0.3) is 0 Å². The standard InChI is InChI=1S/C24H33N3O4/c1-14(27-13-24(4)11-15(27)10-23(2,3)12-24)21(28)26-19-18-16(8-7-9-17(18)30-5)25-20(19)22(29)31-6/h7-9,14-15,25H,10-13H2,1-6H3,(H,26,28)/t14-,15+,24-/m0/s1. The average molecular weight is 428 g/mol. The molecule has 0 spiro atoms. The maximum atomic E-state index is 13.4. The van der Waals surface area contributed by atoms with Crippen molar-refractivity contribution in [3.63, 3.8) is 0 Å². The lowest BCUT2D eigenvalue weighted by molar-refractivity contribution is -0.121. The van der Waals surface area contributed by atoms with E-state index in [0.29, 0.717) is 28.4 Å². The number of ether oxygens (including phenoxy) is 2. The zero-order chi connectivity index (χ0) is 22.6. The number of amides is 1. The molecule has 1 aliphatic carbocycles. The van der Waals surface area contributed by atoms with E-state index in [-0.39, 0.29) is 28.5 Å². The van der Waals surface area contributed by atoms with Crippen LogP contribution >= 0.6 is 0 Å². The lowest BCUT2D eigenvalue weighted by atomic mass is 9.65. The van der Waals surface area contributed by atoms with Gasteiger partial charge in [0, 0.05) is 12.6 Å². The van der Waals surface area contributed by atoms with E-state index in [1.165, 1.54) is 13.5 Å². The normalized spacial score (nSPS) is 25.9. The number of carbonyl (C=O) groups is 2. The Balaban J connectivity index is 1.65. The van der Waals surface area contributed by atoms with Crippen molar-refractivity contribution in [1.29, 1.82) is 0 Å². The summed E-state index contributed by atoms with van der Waals surface area (Å²) < 4.78 is 10.4. The molecule has 31 heavy (non-hydrogen) atoms. The molecule has 1 aromatic heterocycles. The van der Waals surface area contributed by atoms with E-state index in [1.54, 1.807) is 7.11 Å². The summed E-state index contributed by atoms with van der Waals surface area (Å²) in [7, 11) is 2.90. The molecule has 3 atom stereocenters. The topological polar surface area (TPSA) is 83.7 Å². The third-order valence-corrected chi connectivity index (χ3v) is 6.98. The second-order valence-corrected chi connectivity index (χ2v) is 10.3. The van der Waals surface area contributed by atoms with E-state index in [1.807, 2.05) is 25.1 Å². The fraction of sp³-hybridized carbons (Fsp3) is 0.583. The van der Waals surface area contributed by atoms with E-state index in [0.717, 1.165) is 19.4 Å². The molecule has 2 N–H and O–H groups in total. The number of nitrogens with zero attached hydrogens (tertiary/aromatic N) is 1. The zero-order valence-corrected chi connectivity index (χ0v) is 19.3. The molecule has 2 aliphatic rings. The van der Waals surface area contributed by atoms with Crippen molar-refractivity contribution in [3.05, 3.63) is 23.9 Å². The van der Waals surface area contributed by atoms with Gasteiger partial charge in [0.1, 0.15) is 11.4 Å². The number of hydrogen-bond acceptors (Lipinski definition) is 5. The lowest BCUT2D eigenvalue weighted by Crippen LogP contribution is -2.45. The molecule has 7 heteroatoms. The highest BCUT2D eigenvalue weighted by Gasteiger charge is 2.51. The number of likely N-dealkylation sites (tertiary alicyclic amines) is 1. The highest BCUT2D eigenvalue weighted by atomic mass is 16.5. The smallest absolute Gasteiger partial charge is 0.356 e. The van der Waals surface area contributed by atoms with Crippen molar-refractivity contribution in [2.75, 3.05) is 26.1 Å². The van der Waals surface area contributed by atoms with E-state index in [4.69, 9.17) is 9.47 Å². The Morgan fingerprint density at radius 1 is 1.23 bits per heavy atom. The van der Waals surface area contributed by atoms with Gasteiger partial charge in [0.2, 0.25) is 5.91 Å². The van der Waals surface area contributed by atoms with Crippen LogP contribution < -0.4 is 10.1 Å². The molecule has 0 radical (unpaired) electrons. The number of esters is 1. The van der Waals surface area contributed by atoms with Gasteiger partial charge >= 0.3 is 5.97 Å². The fourth-order valence-electron chi connectivity index (χ4n) is 6.10. The number of methoxy groups -OCH3 is 2. The number of nitrogens with one attached hydrogen (secondary N) is 2. The monoisotopic (exact) mass is 427 g/mol. The number of benzene rings is 1. The Morgan fingerprint density at radius 3 is 2.65 bits per heavy atom. The van der Waals surface area contributed by atoms with Gasteiger partial charge in [-0.25, -0.2) is 4.79 Å². The highest BCUT2D eigenvalue weighted by molar-refractivity contribution is 6.13. The number of aromatic amines is 1. The molecule has 4 rings (SSSR count). The first-order valence-corrected chi connectivity index (χ1v) is 10.9. The van der Waals surface area contributed by atoms with Gasteiger partial charge in [-0.15, -0.1) is 0 Å². The van der Waals surface area contributed by atoms with Crippen LogP contribution in [-0.4, -0.2) is 54.6 Å². The SMILES string of the molecule is COC(=O)c1[nH]c2cccc(OC)c2c1NC(=O)[C@H](C)N1C[C@@]2(C)C[C@H]1CC(C)(C)C2. The third kappa shape index (κ3) is 3.80. The molecular weight excluding hydrogens is 394 g/mol. The van der Waals surface area contributed by atoms with Gasteiger partial charge in [-0.2, -0.15) is 0 Å². The van der Waals surface area contributed by atoms with Crippen molar-refractivity contribution < 1.29 is 19.1 Å². The minimum absolute atomic E-state index is 0.133. The van der Waals surface area contributed by atoms with Gasteiger partial charge in [-0.1, -0.05) is 26.8 Å². The average Bonchev–Trinajstić information content (AvgIpc) is 3.19. The van der Waals surface area contributed by atoms with Crippen molar-refractivity contribution in [1.82, 2.24) is 9.88 Å². The number of aromatic nitrogens is 1. The summed E-state index contributed by atoms with van der Waals surface area (Å²) >= 11 is 0. The van der Waals surface area contributed by atoms with E-state index in [2.05, 4.69) is 36.0 Å². The van der Waals surface area contributed by atoms with E-state index >= 15 is 0 Å². The lowest BCUT2D eigenvalue weighted by Gasteiger charge is -2.40. The van der Waals surface area contributed by atoms with Crippen LogP contribution in [0.4, 0.5) is 5.69 Å². The molecule has 1 amide bonds. The minimum atomic E-state index is -0.535. The summed E-state index contributed by atoms with van der Waals surface area (Å²) in [6.07, 6.45) is 3.39. The summed E-state index contributed by atoms with van der Waals surface area (Å²) in [4.78, 5) is 31.2.